The van der Waals surface area contributed by atoms with Crippen LogP contribution in [0.1, 0.15) is 41.8 Å². The number of hydrogen-bond acceptors (Lipinski definition) is 9. The maximum Gasteiger partial charge on any atom is 0.259 e. The summed E-state index contributed by atoms with van der Waals surface area (Å²) in [5.74, 6) is 1.56. The zero-order chi connectivity index (χ0) is 30.5. The first-order valence-corrected chi connectivity index (χ1v) is 15.1. The van der Waals surface area contributed by atoms with Gasteiger partial charge >= 0.3 is 0 Å². The van der Waals surface area contributed by atoms with Crippen molar-refractivity contribution in [3.8, 4) is 11.5 Å². The second-order valence-electron chi connectivity index (χ2n) is 11.2. The Bertz CT molecular complexity index is 1520. The van der Waals surface area contributed by atoms with Gasteiger partial charge in [-0.25, -0.2) is 9.38 Å². The van der Waals surface area contributed by atoms with Gasteiger partial charge < -0.3 is 14.2 Å². The highest BCUT2D eigenvalue weighted by molar-refractivity contribution is 6.20. The van der Waals surface area contributed by atoms with Crippen LogP contribution in [-0.4, -0.2) is 90.6 Å². The minimum Gasteiger partial charge on any atom is -0.490 e. The van der Waals surface area contributed by atoms with E-state index in [1.54, 1.807) is 30.5 Å². The second kappa shape index (κ2) is 13.5. The minimum atomic E-state index is -0.315. The summed E-state index contributed by atoms with van der Waals surface area (Å²) in [5.41, 5.74) is 2.74. The summed E-state index contributed by atoms with van der Waals surface area (Å²) in [6, 6.07) is 13.6. The number of nitrogens with zero attached hydrogens (tertiary/aromatic N) is 5. The lowest BCUT2D eigenvalue weighted by atomic mass is 10.1. The van der Waals surface area contributed by atoms with Gasteiger partial charge in [0.25, 0.3) is 5.91 Å². The van der Waals surface area contributed by atoms with E-state index >= 15 is 0 Å². The van der Waals surface area contributed by atoms with E-state index in [-0.39, 0.29) is 23.9 Å². The number of ether oxygens (including phenoxy) is 3. The number of hydrogen-bond donors (Lipinski definition) is 1. The van der Waals surface area contributed by atoms with E-state index in [2.05, 4.69) is 29.0 Å². The molecule has 230 valence electrons. The van der Waals surface area contributed by atoms with E-state index in [4.69, 9.17) is 24.2 Å². The van der Waals surface area contributed by atoms with Gasteiger partial charge in [0.05, 0.1) is 37.5 Å². The molecule has 2 aromatic carbocycles. The molecule has 1 N–H and O–H groups in total. The van der Waals surface area contributed by atoms with Crippen molar-refractivity contribution in [2.45, 2.75) is 38.9 Å². The number of guanidine groups is 1. The number of carbonyl (C=O) groups excluding carboxylic acids is 1. The van der Waals surface area contributed by atoms with E-state index in [0.717, 1.165) is 43.0 Å². The number of aliphatic imine (C=N–C) groups is 2. The molecule has 0 bridgehead atoms. The van der Waals surface area contributed by atoms with Crippen LogP contribution in [-0.2, 0) is 11.2 Å². The lowest BCUT2D eigenvalue weighted by Crippen LogP contribution is -2.47. The Morgan fingerprint density at radius 2 is 1.89 bits per heavy atom. The van der Waals surface area contributed by atoms with Crippen LogP contribution < -0.4 is 14.8 Å². The second-order valence-corrected chi connectivity index (χ2v) is 11.2. The van der Waals surface area contributed by atoms with Crippen molar-refractivity contribution in [1.29, 1.82) is 0 Å². The summed E-state index contributed by atoms with van der Waals surface area (Å²) in [6.07, 6.45) is 4.96. The van der Waals surface area contributed by atoms with E-state index < -0.39 is 0 Å². The van der Waals surface area contributed by atoms with E-state index in [1.165, 1.54) is 18.3 Å². The molecule has 11 heteroatoms. The lowest BCUT2D eigenvalue weighted by molar-refractivity contribution is -0.0686. The molecule has 2 atom stereocenters. The molecule has 0 saturated carbocycles. The smallest absolute Gasteiger partial charge is 0.259 e. The first kappa shape index (κ1) is 29.7. The van der Waals surface area contributed by atoms with Crippen molar-refractivity contribution in [3.05, 3.63) is 83.4 Å². The zero-order valence-corrected chi connectivity index (χ0v) is 25.0. The molecule has 10 nitrogen and oxygen atoms in total. The molecule has 3 aliphatic heterocycles. The minimum absolute atomic E-state index is 0.213. The normalized spacial score (nSPS) is 19.5. The van der Waals surface area contributed by atoms with Gasteiger partial charge in [-0.15, -0.1) is 0 Å². The average molecular weight is 601 g/mol. The number of amidine groups is 1. The molecule has 0 aliphatic carbocycles. The topological polar surface area (TPSA) is 101 Å². The van der Waals surface area contributed by atoms with E-state index in [1.807, 2.05) is 17.0 Å². The fraction of sp³-hybridized carbons (Fsp3) is 0.394. The number of amides is 1. The summed E-state index contributed by atoms with van der Waals surface area (Å²) in [7, 11) is 0. The van der Waals surface area contributed by atoms with Gasteiger partial charge in [-0.2, -0.15) is 0 Å². The van der Waals surface area contributed by atoms with Gasteiger partial charge in [-0.3, -0.25) is 29.9 Å². The fourth-order valence-electron chi connectivity index (χ4n) is 5.77. The molecule has 0 radical (unpaired) electrons. The predicted molar refractivity (Wildman–Crippen MR) is 166 cm³/mol. The van der Waals surface area contributed by atoms with E-state index in [0.29, 0.717) is 61.4 Å². The van der Waals surface area contributed by atoms with Gasteiger partial charge in [-0.05, 0) is 62.2 Å². The Hall–Kier alpha value is -4.35. The summed E-state index contributed by atoms with van der Waals surface area (Å²) in [4.78, 5) is 31.1. The van der Waals surface area contributed by atoms with Crippen LogP contribution in [0.2, 0.25) is 0 Å². The monoisotopic (exact) mass is 600 g/mol. The number of nitrogens with one attached hydrogen (secondary N) is 1. The van der Waals surface area contributed by atoms with Gasteiger partial charge in [-0.1, -0.05) is 12.1 Å². The van der Waals surface area contributed by atoms with Crippen LogP contribution in [0.25, 0.3) is 0 Å². The Labute approximate surface area is 256 Å². The van der Waals surface area contributed by atoms with Gasteiger partial charge in [0.2, 0.25) is 5.96 Å². The summed E-state index contributed by atoms with van der Waals surface area (Å²) >= 11 is 0. The molecule has 3 aromatic rings. The van der Waals surface area contributed by atoms with Gasteiger partial charge in [0.15, 0.2) is 11.5 Å². The molecule has 0 unspecified atom stereocenters. The Balaban J connectivity index is 1.24. The molecular weight excluding hydrogens is 563 g/mol. The van der Waals surface area contributed by atoms with Gasteiger partial charge in [0.1, 0.15) is 17.3 Å². The zero-order valence-electron chi connectivity index (χ0n) is 25.0. The largest absolute Gasteiger partial charge is 0.490 e. The molecule has 3 aliphatic rings. The van der Waals surface area contributed by atoms with Crippen LogP contribution in [0.4, 0.5) is 10.1 Å². The molecular formula is C33H37FN6O4. The van der Waals surface area contributed by atoms with Crippen molar-refractivity contribution < 1.29 is 23.4 Å². The number of carbonyl (C=O) groups is 1. The first-order chi connectivity index (χ1) is 21.4. The molecule has 44 heavy (non-hydrogen) atoms. The third-order valence-corrected chi connectivity index (χ3v) is 7.72. The van der Waals surface area contributed by atoms with Crippen LogP contribution in [0.3, 0.4) is 0 Å². The highest BCUT2D eigenvalue weighted by atomic mass is 19.1. The Morgan fingerprint density at radius 3 is 2.66 bits per heavy atom. The molecule has 6 rings (SSSR count). The number of morpholine rings is 1. The molecule has 1 fully saturated rings. The fourth-order valence-corrected chi connectivity index (χ4v) is 5.77. The molecule has 1 saturated heterocycles. The van der Waals surface area contributed by atoms with Crippen LogP contribution in [0, 0.1) is 5.82 Å². The van der Waals surface area contributed by atoms with Crippen molar-refractivity contribution >= 4 is 23.4 Å². The Kier molecular flexibility index (Phi) is 9.13. The highest BCUT2D eigenvalue weighted by Crippen LogP contribution is 2.43. The molecule has 1 amide bonds. The molecule has 0 spiro atoms. The third kappa shape index (κ3) is 6.89. The van der Waals surface area contributed by atoms with Crippen LogP contribution in [0.15, 0.2) is 70.9 Å². The summed E-state index contributed by atoms with van der Waals surface area (Å²) in [6.45, 7) is 8.91. The Morgan fingerprint density at radius 1 is 1.07 bits per heavy atom. The molecule has 4 heterocycles. The van der Waals surface area contributed by atoms with E-state index in [9.17, 15) is 9.18 Å². The average Bonchev–Trinajstić information content (AvgIpc) is 3.52. The van der Waals surface area contributed by atoms with Crippen molar-refractivity contribution in [3.63, 3.8) is 0 Å². The quantitative estimate of drug-likeness (QED) is 0.348. The number of benzene rings is 2. The van der Waals surface area contributed by atoms with Crippen LogP contribution in [0.5, 0.6) is 11.5 Å². The predicted octanol–water partition coefficient (Wildman–Crippen LogP) is 4.21. The van der Waals surface area contributed by atoms with Crippen molar-refractivity contribution in [1.82, 2.24) is 20.1 Å². The standard InChI is InChI=1S/C33H37FN6O4/c1-22-20-39(21-23(2)44-22)15-4-17-42-28-11-10-27-29(30(28)43-18-12-24-6-8-26(34)9-7-24)37-33(40-16-14-36-31(27)40)38-32(41)25-5-3-13-35-19-25/h3,5-11,13,19,22-23H,4,12,14-18,20-21H2,1-2H3,(H,37,38,41)/t22-,23+. The number of rotatable bonds is 10. The number of pyridine rings is 1. The highest BCUT2D eigenvalue weighted by Gasteiger charge is 2.33. The maximum absolute atomic E-state index is 13.4. The van der Waals surface area contributed by atoms with Crippen molar-refractivity contribution in [2.75, 3.05) is 45.9 Å². The third-order valence-electron chi connectivity index (χ3n) is 7.72. The van der Waals surface area contributed by atoms with Crippen molar-refractivity contribution in [2.24, 2.45) is 9.98 Å². The molecule has 1 aromatic heterocycles. The first-order valence-electron chi connectivity index (χ1n) is 15.1. The lowest BCUT2D eigenvalue weighted by Gasteiger charge is -2.35. The maximum atomic E-state index is 13.4. The van der Waals surface area contributed by atoms with Gasteiger partial charge in [0, 0.05) is 50.6 Å². The number of aromatic nitrogens is 1. The number of halogens is 1. The SMILES string of the molecule is C[C@@H]1CN(CCCOc2ccc3c(c2OCCc2ccc(F)cc2)N=C(NC(=O)c2cccnc2)N2CCN=C32)C[C@H](C)O1. The summed E-state index contributed by atoms with van der Waals surface area (Å²) < 4.78 is 32.0. The summed E-state index contributed by atoms with van der Waals surface area (Å²) in [5, 5.41) is 2.95. The number of fused-ring (bicyclic) bond motifs is 3. The van der Waals surface area contributed by atoms with Crippen LogP contribution >= 0.6 is 0 Å².